The van der Waals surface area contributed by atoms with Crippen LogP contribution in [0.4, 0.5) is 0 Å². The Morgan fingerprint density at radius 2 is 1.86 bits per heavy atom. The molecule has 4 heteroatoms. The lowest BCUT2D eigenvalue weighted by Crippen LogP contribution is -1.84. The Labute approximate surface area is 91.9 Å². The molecular weight excluding hydrogens is 216 g/mol. The molecule has 0 N–H and O–H groups in total. The van der Waals surface area contributed by atoms with Crippen LogP contribution < -0.4 is 9.47 Å². The molecule has 1 aromatic heterocycles. The molecule has 0 saturated carbocycles. The van der Waals surface area contributed by atoms with Crippen molar-refractivity contribution in [1.82, 2.24) is 0 Å². The van der Waals surface area contributed by atoms with Crippen molar-refractivity contribution in [2.75, 3.05) is 14.2 Å². The smallest absolute Gasteiger partial charge is 0.137 e. The fourth-order valence-electron chi connectivity index (χ4n) is 1.37. The summed E-state index contributed by atoms with van der Waals surface area (Å²) in [5.41, 5.74) is 0. The zero-order valence-electron chi connectivity index (χ0n) is 7.90. The van der Waals surface area contributed by atoms with Crippen molar-refractivity contribution < 1.29 is 9.47 Å². The van der Waals surface area contributed by atoms with Crippen LogP contribution in [0.25, 0.3) is 10.1 Å². The van der Waals surface area contributed by atoms with Crippen molar-refractivity contribution in [2.45, 2.75) is 4.90 Å². The SMILES string of the molecule is COc1ccc2c(OC)csc2c1S. The quantitative estimate of drug-likeness (QED) is 0.793. The molecule has 2 aromatic rings. The van der Waals surface area contributed by atoms with E-state index in [1.807, 2.05) is 17.5 Å². The predicted octanol–water partition coefficient (Wildman–Crippen LogP) is 3.21. The van der Waals surface area contributed by atoms with Crippen molar-refractivity contribution in [3.8, 4) is 11.5 Å². The molecule has 0 fully saturated rings. The van der Waals surface area contributed by atoms with Gasteiger partial charge < -0.3 is 9.47 Å². The number of ether oxygens (including phenoxy) is 2. The molecule has 0 bridgehead atoms. The second kappa shape index (κ2) is 3.71. The molecule has 0 radical (unpaired) electrons. The Balaban J connectivity index is 2.72. The largest absolute Gasteiger partial charge is 0.496 e. The molecule has 14 heavy (non-hydrogen) atoms. The highest BCUT2D eigenvalue weighted by atomic mass is 32.1. The second-order valence-corrected chi connectivity index (χ2v) is 4.12. The van der Waals surface area contributed by atoms with Crippen molar-refractivity contribution in [2.24, 2.45) is 0 Å². The van der Waals surface area contributed by atoms with Crippen molar-refractivity contribution in [3.05, 3.63) is 17.5 Å². The van der Waals surface area contributed by atoms with Gasteiger partial charge in [0.15, 0.2) is 0 Å². The summed E-state index contributed by atoms with van der Waals surface area (Å²) in [4.78, 5) is 0.873. The molecule has 1 aromatic carbocycles. The highest BCUT2D eigenvalue weighted by molar-refractivity contribution is 7.81. The average molecular weight is 226 g/mol. The molecule has 0 spiro atoms. The lowest BCUT2D eigenvalue weighted by atomic mass is 10.2. The maximum atomic E-state index is 5.23. The molecule has 0 amide bonds. The Morgan fingerprint density at radius 1 is 1.14 bits per heavy atom. The van der Waals surface area contributed by atoms with Gasteiger partial charge in [0.2, 0.25) is 0 Å². The molecular formula is C10H10O2S2. The molecule has 0 aliphatic rings. The Morgan fingerprint density at radius 3 is 2.50 bits per heavy atom. The predicted molar refractivity (Wildman–Crippen MR) is 62.2 cm³/mol. The Kier molecular flexibility index (Phi) is 2.56. The normalized spacial score (nSPS) is 10.5. The van der Waals surface area contributed by atoms with Gasteiger partial charge in [0, 0.05) is 10.8 Å². The van der Waals surface area contributed by atoms with Crippen molar-refractivity contribution in [1.29, 1.82) is 0 Å². The van der Waals surface area contributed by atoms with Gasteiger partial charge in [0.1, 0.15) is 11.5 Å². The van der Waals surface area contributed by atoms with Crippen LogP contribution >= 0.6 is 24.0 Å². The molecule has 0 atom stereocenters. The minimum atomic E-state index is 0.797. The fraction of sp³-hybridized carbons (Fsp3) is 0.200. The summed E-state index contributed by atoms with van der Waals surface area (Å²) in [6.45, 7) is 0. The fourth-order valence-corrected chi connectivity index (χ4v) is 2.77. The van der Waals surface area contributed by atoms with Crippen LogP contribution in [-0.4, -0.2) is 14.2 Å². The van der Waals surface area contributed by atoms with E-state index in [1.165, 1.54) is 0 Å². The zero-order valence-corrected chi connectivity index (χ0v) is 9.61. The summed E-state index contributed by atoms with van der Waals surface area (Å²) in [5, 5.41) is 3.06. The zero-order chi connectivity index (χ0) is 10.1. The maximum Gasteiger partial charge on any atom is 0.137 e. The minimum Gasteiger partial charge on any atom is -0.496 e. The van der Waals surface area contributed by atoms with Crippen LogP contribution in [0.3, 0.4) is 0 Å². The number of hydrogen-bond acceptors (Lipinski definition) is 4. The standard InChI is InChI=1S/C10H10O2S2/c1-11-7-4-3-6-8(12-2)5-14-10(6)9(7)13/h3-5,13H,1-2H3. The summed E-state index contributed by atoms with van der Waals surface area (Å²) in [6, 6.07) is 3.89. The van der Waals surface area contributed by atoms with Crippen LogP contribution in [0.2, 0.25) is 0 Å². The first-order valence-corrected chi connectivity index (χ1v) is 5.41. The second-order valence-electron chi connectivity index (χ2n) is 2.80. The van der Waals surface area contributed by atoms with E-state index in [1.54, 1.807) is 25.6 Å². The molecule has 2 rings (SSSR count). The Bertz CT molecular complexity index is 462. The number of rotatable bonds is 2. The first-order chi connectivity index (χ1) is 6.77. The highest BCUT2D eigenvalue weighted by Gasteiger charge is 2.10. The molecule has 0 aliphatic carbocycles. The lowest BCUT2D eigenvalue weighted by Gasteiger charge is -2.04. The van der Waals surface area contributed by atoms with Gasteiger partial charge in [-0.05, 0) is 12.1 Å². The number of thiophene rings is 1. The third-order valence-electron chi connectivity index (χ3n) is 2.08. The van der Waals surface area contributed by atoms with Gasteiger partial charge in [0.25, 0.3) is 0 Å². The first kappa shape index (κ1) is 9.68. The average Bonchev–Trinajstić information content (AvgIpc) is 2.62. The summed E-state index contributed by atoms with van der Waals surface area (Å²) in [6.07, 6.45) is 0. The number of benzene rings is 1. The third-order valence-corrected chi connectivity index (χ3v) is 3.67. The molecule has 0 saturated heterocycles. The van der Waals surface area contributed by atoms with Crippen LogP contribution in [0.15, 0.2) is 22.4 Å². The van der Waals surface area contributed by atoms with Crippen LogP contribution in [0.1, 0.15) is 0 Å². The lowest BCUT2D eigenvalue weighted by molar-refractivity contribution is 0.406. The first-order valence-electron chi connectivity index (χ1n) is 4.09. The van der Waals surface area contributed by atoms with E-state index in [9.17, 15) is 0 Å². The van der Waals surface area contributed by atoms with Gasteiger partial charge in [-0.15, -0.1) is 24.0 Å². The minimum absolute atomic E-state index is 0.797. The topological polar surface area (TPSA) is 18.5 Å². The molecule has 1 heterocycles. The number of methoxy groups -OCH3 is 2. The van der Waals surface area contributed by atoms with E-state index in [0.29, 0.717) is 0 Å². The van der Waals surface area contributed by atoms with E-state index < -0.39 is 0 Å². The van der Waals surface area contributed by atoms with E-state index in [2.05, 4.69) is 12.6 Å². The monoisotopic (exact) mass is 226 g/mol. The van der Waals surface area contributed by atoms with Crippen LogP contribution in [0.5, 0.6) is 11.5 Å². The summed E-state index contributed by atoms with van der Waals surface area (Å²) in [5.74, 6) is 1.69. The highest BCUT2D eigenvalue weighted by Crippen LogP contribution is 2.39. The van der Waals surface area contributed by atoms with Gasteiger partial charge in [-0.2, -0.15) is 0 Å². The van der Waals surface area contributed by atoms with Crippen LogP contribution in [0, 0.1) is 0 Å². The van der Waals surface area contributed by atoms with Gasteiger partial charge in [-0.3, -0.25) is 0 Å². The summed E-state index contributed by atoms with van der Waals surface area (Å²) >= 11 is 6.04. The van der Waals surface area contributed by atoms with E-state index in [-0.39, 0.29) is 0 Å². The molecule has 74 valence electrons. The maximum absolute atomic E-state index is 5.23. The summed E-state index contributed by atoms with van der Waals surface area (Å²) < 4.78 is 11.5. The van der Waals surface area contributed by atoms with Gasteiger partial charge >= 0.3 is 0 Å². The molecule has 2 nitrogen and oxygen atoms in total. The number of hydrogen-bond donors (Lipinski definition) is 1. The van der Waals surface area contributed by atoms with E-state index >= 15 is 0 Å². The van der Waals surface area contributed by atoms with Crippen LogP contribution in [-0.2, 0) is 0 Å². The Hall–Kier alpha value is -0.870. The van der Waals surface area contributed by atoms with Gasteiger partial charge in [-0.25, -0.2) is 0 Å². The summed E-state index contributed by atoms with van der Waals surface area (Å²) in [7, 11) is 3.32. The van der Waals surface area contributed by atoms with Gasteiger partial charge in [-0.1, -0.05) is 0 Å². The van der Waals surface area contributed by atoms with E-state index in [4.69, 9.17) is 9.47 Å². The molecule has 0 aliphatic heterocycles. The molecule has 0 unspecified atom stereocenters. The van der Waals surface area contributed by atoms with E-state index in [0.717, 1.165) is 26.5 Å². The van der Waals surface area contributed by atoms with Gasteiger partial charge in [0.05, 0.1) is 23.8 Å². The number of thiol groups is 1. The van der Waals surface area contributed by atoms with Crippen molar-refractivity contribution in [3.63, 3.8) is 0 Å². The third kappa shape index (κ3) is 1.35. The number of fused-ring (bicyclic) bond motifs is 1. The van der Waals surface area contributed by atoms with Crippen molar-refractivity contribution >= 4 is 34.1 Å².